The van der Waals surface area contributed by atoms with Gasteiger partial charge in [0, 0.05) is 12.1 Å². The van der Waals surface area contributed by atoms with E-state index in [1.165, 1.54) is 16.7 Å². The number of benzene rings is 2. The smallest absolute Gasteiger partial charge is 0.127 e. The lowest BCUT2D eigenvalue weighted by molar-refractivity contribution is 0.305. The maximum absolute atomic E-state index is 6.02. The van der Waals surface area contributed by atoms with Gasteiger partial charge in [0.1, 0.15) is 12.4 Å². The fraction of sp³-hybridized carbons (Fsp3) is 0.222. The Bertz CT molecular complexity index is 589. The Morgan fingerprint density at radius 3 is 2.55 bits per heavy atom. The van der Waals surface area contributed by atoms with Crippen LogP contribution in [0.2, 0.25) is 0 Å². The summed E-state index contributed by atoms with van der Waals surface area (Å²) < 4.78 is 6.02. The summed E-state index contributed by atoms with van der Waals surface area (Å²) in [7, 11) is 0. The van der Waals surface area contributed by atoms with Gasteiger partial charge in [-0.1, -0.05) is 54.6 Å². The second kappa shape index (κ2) is 6.40. The molecular weight excluding hydrogens is 246 g/mol. The Kier molecular flexibility index (Phi) is 4.14. The average molecular weight is 265 g/mol. The van der Waals surface area contributed by atoms with E-state index in [2.05, 4.69) is 41.7 Å². The van der Waals surface area contributed by atoms with E-state index >= 15 is 0 Å². The molecule has 1 N–H and O–H groups in total. The first-order valence-electron chi connectivity index (χ1n) is 7.09. The predicted molar refractivity (Wildman–Crippen MR) is 82.7 cm³/mol. The lowest BCUT2D eigenvalue weighted by Crippen LogP contribution is -2.20. The Labute approximate surface area is 120 Å². The molecule has 0 saturated heterocycles. The number of rotatable bonds is 4. The van der Waals surface area contributed by atoms with Crippen LogP contribution in [0.5, 0.6) is 5.75 Å². The number of ether oxygens (including phenoxy) is 1. The molecule has 1 aliphatic heterocycles. The maximum atomic E-state index is 6.02. The van der Waals surface area contributed by atoms with Gasteiger partial charge in [-0.05, 0) is 30.2 Å². The van der Waals surface area contributed by atoms with Gasteiger partial charge in [0.25, 0.3) is 0 Å². The normalized spacial score (nSPS) is 14.7. The predicted octanol–water partition coefficient (Wildman–Crippen LogP) is 3.64. The van der Waals surface area contributed by atoms with Gasteiger partial charge in [-0.2, -0.15) is 0 Å². The molecule has 0 bridgehead atoms. The molecule has 0 amide bonds. The molecule has 0 aromatic heterocycles. The third kappa shape index (κ3) is 3.09. The number of nitrogens with one attached hydrogen (secondary N) is 1. The van der Waals surface area contributed by atoms with E-state index in [0.717, 1.165) is 25.3 Å². The van der Waals surface area contributed by atoms with Gasteiger partial charge in [0.15, 0.2) is 0 Å². The van der Waals surface area contributed by atoms with Crippen molar-refractivity contribution in [1.29, 1.82) is 0 Å². The molecular formula is C18H19NO. The molecule has 0 aliphatic carbocycles. The van der Waals surface area contributed by atoms with Crippen molar-refractivity contribution in [2.24, 2.45) is 0 Å². The Morgan fingerprint density at radius 2 is 1.75 bits per heavy atom. The lowest BCUT2D eigenvalue weighted by Gasteiger charge is -2.17. The van der Waals surface area contributed by atoms with Crippen LogP contribution in [0.1, 0.15) is 17.5 Å². The van der Waals surface area contributed by atoms with Crippen LogP contribution in [-0.4, -0.2) is 13.1 Å². The van der Waals surface area contributed by atoms with Crippen LogP contribution in [0.4, 0.5) is 0 Å². The molecule has 2 heteroatoms. The summed E-state index contributed by atoms with van der Waals surface area (Å²) in [5.74, 6) is 0.976. The molecule has 0 atom stereocenters. The SMILES string of the molecule is C1=C(c2ccccc2OCc2ccccc2)CCNC1. The van der Waals surface area contributed by atoms with Crippen molar-refractivity contribution >= 4 is 5.57 Å². The number of hydrogen-bond acceptors (Lipinski definition) is 2. The summed E-state index contributed by atoms with van der Waals surface area (Å²) >= 11 is 0. The van der Waals surface area contributed by atoms with Crippen LogP contribution in [0, 0.1) is 0 Å². The highest BCUT2D eigenvalue weighted by Gasteiger charge is 2.10. The van der Waals surface area contributed by atoms with E-state index in [4.69, 9.17) is 4.74 Å². The topological polar surface area (TPSA) is 21.3 Å². The summed E-state index contributed by atoms with van der Waals surface area (Å²) in [5, 5.41) is 3.34. The zero-order valence-corrected chi connectivity index (χ0v) is 11.5. The third-order valence-electron chi connectivity index (χ3n) is 3.53. The van der Waals surface area contributed by atoms with Gasteiger partial charge in [0.05, 0.1) is 0 Å². The van der Waals surface area contributed by atoms with Crippen LogP contribution < -0.4 is 10.1 Å². The number of hydrogen-bond donors (Lipinski definition) is 1. The first-order chi connectivity index (χ1) is 9.93. The molecule has 0 fully saturated rings. The molecule has 3 rings (SSSR count). The van der Waals surface area contributed by atoms with Crippen molar-refractivity contribution in [2.75, 3.05) is 13.1 Å². The van der Waals surface area contributed by atoms with E-state index in [0.29, 0.717) is 6.61 Å². The van der Waals surface area contributed by atoms with Crippen LogP contribution in [0.15, 0.2) is 60.7 Å². The van der Waals surface area contributed by atoms with E-state index in [9.17, 15) is 0 Å². The van der Waals surface area contributed by atoms with Gasteiger partial charge in [-0.15, -0.1) is 0 Å². The zero-order chi connectivity index (χ0) is 13.6. The highest BCUT2D eigenvalue weighted by Crippen LogP contribution is 2.29. The molecule has 0 saturated carbocycles. The summed E-state index contributed by atoms with van der Waals surface area (Å²) in [4.78, 5) is 0. The van der Waals surface area contributed by atoms with E-state index in [-0.39, 0.29) is 0 Å². The van der Waals surface area contributed by atoms with Gasteiger partial charge in [-0.25, -0.2) is 0 Å². The molecule has 2 aromatic carbocycles. The second-order valence-corrected chi connectivity index (χ2v) is 4.95. The molecule has 1 heterocycles. The van der Waals surface area contributed by atoms with Gasteiger partial charge < -0.3 is 10.1 Å². The molecule has 0 radical (unpaired) electrons. The molecule has 0 unspecified atom stereocenters. The van der Waals surface area contributed by atoms with Gasteiger partial charge in [-0.3, -0.25) is 0 Å². The average Bonchev–Trinajstić information content (AvgIpc) is 2.55. The van der Waals surface area contributed by atoms with Crippen LogP contribution in [0.25, 0.3) is 5.57 Å². The zero-order valence-electron chi connectivity index (χ0n) is 11.5. The third-order valence-corrected chi connectivity index (χ3v) is 3.53. The minimum atomic E-state index is 0.614. The fourth-order valence-electron chi connectivity index (χ4n) is 2.46. The summed E-state index contributed by atoms with van der Waals surface area (Å²) in [6.07, 6.45) is 3.32. The molecule has 2 nitrogen and oxygen atoms in total. The maximum Gasteiger partial charge on any atom is 0.127 e. The Morgan fingerprint density at radius 1 is 0.950 bits per heavy atom. The van der Waals surface area contributed by atoms with Crippen LogP contribution in [0.3, 0.4) is 0 Å². The first-order valence-corrected chi connectivity index (χ1v) is 7.09. The van der Waals surface area contributed by atoms with Crippen molar-refractivity contribution in [3.63, 3.8) is 0 Å². The van der Waals surface area contributed by atoms with E-state index < -0.39 is 0 Å². The first kappa shape index (κ1) is 12.9. The molecule has 20 heavy (non-hydrogen) atoms. The largest absolute Gasteiger partial charge is 0.488 e. The van der Waals surface area contributed by atoms with Crippen molar-refractivity contribution < 1.29 is 4.74 Å². The summed E-state index contributed by atoms with van der Waals surface area (Å²) in [6.45, 7) is 2.60. The second-order valence-electron chi connectivity index (χ2n) is 4.95. The summed E-state index contributed by atoms with van der Waals surface area (Å²) in [6, 6.07) is 18.6. The standard InChI is InChI=1S/C18H19NO/c1-2-6-15(7-3-1)14-20-18-9-5-4-8-17(18)16-10-12-19-13-11-16/h1-10,19H,11-14H2. The molecule has 1 aliphatic rings. The van der Waals surface area contributed by atoms with E-state index in [1.54, 1.807) is 0 Å². The molecule has 0 spiro atoms. The Hall–Kier alpha value is -2.06. The van der Waals surface area contributed by atoms with Crippen molar-refractivity contribution in [1.82, 2.24) is 5.32 Å². The quantitative estimate of drug-likeness (QED) is 0.911. The number of para-hydroxylation sites is 1. The van der Waals surface area contributed by atoms with Crippen molar-refractivity contribution in [3.8, 4) is 5.75 Å². The molecule has 102 valence electrons. The van der Waals surface area contributed by atoms with Crippen molar-refractivity contribution in [2.45, 2.75) is 13.0 Å². The van der Waals surface area contributed by atoms with Crippen LogP contribution >= 0.6 is 0 Å². The highest BCUT2D eigenvalue weighted by molar-refractivity contribution is 5.71. The van der Waals surface area contributed by atoms with Gasteiger partial charge in [0.2, 0.25) is 0 Å². The monoisotopic (exact) mass is 265 g/mol. The Balaban J connectivity index is 1.78. The molecule has 2 aromatic rings. The van der Waals surface area contributed by atoms with E-state index in [1.807, 2.05) is 24.3 Å². The van der Waals surface area contributed by atoms with Crippen molar-refractivity contribution in [3.05, 3.63) is 71.8 Å². The summed E-state index contributed by atoms with van der Waals surface area (Å²) in [5.41, 5.74) is 3.80. The van der Waals surface area contributed by atoms with Gasteiger partial charge >= 0.3 is 0 Å². The fourth-order valence-corrected chi connectivity index (χ4v) is 2.46. The minimum Gasteiger partial charge on any atom is -0.488 e. The van der Waals surface area contributed by atoms with Crippen LogP contribution in [-0.2, 0) is 6.61 Å². The lowest BCUT2D eigenvalue weighted by atomic mass is 9.99. The highest BCUT2D eigenvalue weighted by atomic mass is 16.5. The minimum absolute atomic E-state index is 0.614.